The van der Waals surface area contributed by atoms with E-state index >= 15 is 0 Å². The second kappa shape index (κ2) is 8.35. The fraction of sp³-hybridized carbons (Fsp3) is 0.0870. The van der Waals surface area contributed by atoms with Gasteiger partial charge in [-0.1, -0.05) is 24.3 Å². The van der Waals surface area contributed by atoms with Crippen molar-refractivity contribution in [3.8, 4) is 0 Å². The fourth-order valence-electron chi connectivity index (χ4n) is 3.10. The molecule has 4 rings (SSSR count). The lowest BCUT2D eigenvalue weighted by molar-refractivity contribution is 0.101. The Balaban J connectivity index is 1.53. The zero-order valence-electron chi connectivity index (χ0n) is 16.4. The number of benzene rings is 3. The van der Waals surface area contributed by atoms with Crippen molar-refractivity contribution in [2.75, 3.05) is 10.6 Å². The highest BCUT2D eigenvalue weighted by Gasteiger charge is 2.15. The molecule has 0 unspecified atom stereocenters. The van der Waals surface area contributed by atoms with E-state index in [1.807, 2.05) is 13.0 Å². The van der Waals surface area contributed by atoms with Crippen LogP contribution >= 0.6 is 0 Å². The molecule has 156 valence electrons. The number of alkyl halides is 2. The molecule has 6 nitrogen and oxygen atoms in total. The molecule has 0 fully saturated rings. The molecule has 0 spiro atoms. The Hall–Kier alpha value is -4.07. The summed E-state index contributed by atoms with van der Waals surface area (Å²) in [5.74, 6) is -1.11. The van der Waals surface area contributed by atoms with E-state index in [2.05, 4.69) is 20.6 Å². The van der Waals surface area contributed by atoms with Gasteiger partial charge in [0.25, 0.3) is 18.2 Å². The minimum Gasteiger partial charge on any atom is -0.337 e. The number of imidazole rings is 1. The van der Waals surface area contributed by atoms with Gasteiger partial charge in [0.05, 0.1) is 11.0 Å². The van der Waals surface area contributed by atoms with Gasteiger partial charge in [-0.2, -0.15) is 0 Å². The molecule has 0 saturated carbocycles. The van der Waals surface area contributed by atoms with E-state index in [1.165, 1.54) is 18.2 Å². The number of halogens is 2. The van der Waals surface area contributed by atoms with Crippen LogP contribution in [0.3, 0.4) is 0 Å². The molecule has 1 heterocycles. The van der Waals surface area contributed by atoms with Gasteiger partial charge in [-0.15, -0.1) is 0 Å². The molecule has 0 bridgehead atoms. The number of rotatable bonds is 5. The predicted octanol–water partition coefficient (Wildman–Crippen LogP) is 5.31. The number of anilines is 2. The van der Waals surface area contributed by atoms with Gasteiger partial charge in [0, 0.05) is 22.5 Å². The molecule has 4 aromatic rings. The van der Waals surface area contributed by atoms with Crippen LogP contribution in [-0.2, 0) is 0 Å². The molecule has 0 aliphatic rings. The van der Waals surface area contributed by atoms with Crippen molar-refractivity contribution >= 4 is 34.2 Å². The minimum absolute atomic E-state index is 0.263. The van der Waals surface area contributed by atoms with Crippen LogP contribution in [0.4, 0.5) is 20.2 Å². The highest BCUT2D eigenvalue weighted by molar-refractivity contribution is 6.07. The van der Waals surface area contributed by atoms with E-state index in [1.54, 1.807) is 42.5 Å². The summed E-state index contributed by atoms with van der Waals surface area (Å²) in [6, 6.07) is 18.5. The van der Waals surface area contributed by atoms with Gasteiger partial charge in [-0.3, -0.25) is 9.59 Å². The van der Waals surface area contributed by atoms with Crippen LogP contribution in [-0.4, -0.2) is 21.8 Å². The largest absolute Gasteiger partial charge is 0.337 e. The van der Waals surface area contributed by atoms with E-state index in [9.17, 15) is 18.4 Å². The third-order valence-corrected chi connectivity index (χ3v) is 4.75. The van der Waals surface area contributed by atoms with Gasteiger partial charge < -0.3 is 15.6 Å². The molecule has 0 radical (unpaired) electrons. The van der Waals surface area contributed by atoms with E-state index < -0.39 is 18.2 Å². The van der Waals surface area contributed by atoms with E-state index in [0.717, 1.165) is 5.56 Å². The van der Waals surface area contributed by atoms with Crippen molar-refractivity contribution in [1.82, 2.24) is 9.97 Å². The summed E-state index contributed by atoms with van der Waals surface area (Å²) in [5, 5.41) is 5.60. The number of fused-ring (bicyclic) bond motifs is 1. The molecule has 1 aromatic heterocycles. The lowest BCUT2D eigenvalue weighted by Crippen LogP contribution is -2.14. The molecule has 8 heteroatoms. The van der Waals surface area contributed by atoms with Gasteiger partial charge in [0.1, 0.15) is 0 Å². The van der Waals surface area contributed by atoms with Crippen LogP contribution in [0.25, 0.3) is 11.0 Å². The van der Waals surface area contributed by atoms with Crippen LogP contribution in [0.5, 0.6) is 0 Å². The number of aromatic amines is 1. The van der Waals surface area contributed by atoms with Crippen LogP contribution < -0.4 is 10.6 Å². The maximum atomic E-state index is 12.8. The molecule has 0 aliphatic heterocycles. The van der Waals surface area contributed by atoms with Crippen LogP contribution in [0, 0.1) is 6.92 Å². The molecular formula is C23H18F2N4O2. The Morgan fingerprint density at radius 3 is 2.39 bits per heavy atom. The number of nitrogens with zero attached hydrogens (tertiary/aromatic N) is 1. The number of aromatic nitrogens is 2. The monoisotopic (exact) mass is 420 g/mol. The van der Waals surface area contributed by atoms with Crippen molar-refractivity contribution in [3.05, 3.63) is 89.2 Å². The number of nitrogens with one attached hydrogen (secondary N) is 3. The Labute approximate surface area is 176 Å². The molecule has 0 saturated heterocycles. The third-order valence-electron chi connectivity index (χ3n) is 4.75. The average Bonchev–Trinajstić information content (AvgIpc) is 3.20. The summed E-state index contributed by atoms with van der Waals surface area (Å²) >= 11 is 0. The molecule has 0 aliphatic carbocycles. The van der Waals surface area contributed by atoms with Gasteiger partial charge in [0.2, 0.25) is 0 Å². The summed E-state index contributed by atoms with van der Waals surface area (Å²) in [6.07, 6.45) is -2.72. The van der Waals surface area contributed by atoms with Crippen LogP contribution in [0.15, 0.2) is 66.7 Å². The number of carbonyl (C=O) groups excluding carboxylic acids is 2. The lowest BCUT2D eigenvalue weighted by atomic mass is 10.1. The van der Waals surface area contributed by atoms with E-state index in [-0.39, 0.29) is 11.5 Å². The molecule has 3 aromatic carbocycles. The molecular weight excluding hydrogens is 402 g/mol. The zero-order valence-corrected chi connectivity index (χ0v) is 16.4. The van der Waals surface area contributed by atoms with Gasteiger partial charge in [0.15, 0.2) is 5.82 Å². The molecule has 0 atom stereocenters. The SMILES string of the molecule is Cc1ccc(NC(=O)c2ccccc2)cc1NC(=O)c1ccc2nc(C(F)F)[nH]c2c1. The second-order valence-corrected chi connectivity index (χ2v) is 6.96. The summed E-state index contributed by atoms with van der Waals surface area (Å²) < 4.78 is 25.7. The number of carbonyl (C=O) groups is 2. The fourth-order valence-corrected chi connectivity index (χ4v) is 3.10. The standard InChI is InChI=1S/C23H18F2N4O2/c1-13-7-9-16(26-22(30)14-5-3-2-4-6-14)12-18(13)29-23(31)15-8-10-17-19(11-15)28-21(27-17)20(24)25/h2-12,20H,1H3,(H,26,30)(H,27,28)(H,29,31). The molecule has 2 amide bonds. The first-order chi connectivity index (χ1) is 14.9. The first-order valence-electron chi connectivity index (χ1n) is 9.47. The van der Waals surface area contributed by atoms with Crippen LogP contribution in [0.2, 0.25) is 0 Å². The first-order valence-corrected chi connectivity index (χ1v) is 9.47. The summed E-state index contributed by atoms with van der Waals surface area (Å²) in [5.41, 5.74) is 3.36. The lowest BCUT2D eigenvalue weighted by Gasteiger charge is -2.12. The van der Waals surface area contributed by atoms with Crippen molar-refractivity contribution < 1.29 is 18.4 Å². The van der Waals surface area contributed by atoms with Crippen molar-refractivity contribution in [2.24, 2.45) is 0 Å². The molecule has 3 N–H and O–H groups in total. The third kappa shape index (κ3) is 4.42. The summed E-state index contributed by atoms with van der Waals surface area (Å²) in [7, 11) is 0. The van der Waals surface area contributed by atoms with Gasteiger partial charge in [-0.25, -0.2) is 13.8 Å². The highest BCUT2D eigenvalue weighted by atomic mass is 19.3. The Morgan fingerprint density at radius 2 is 1.65 bits per heavy atom. The first kappa shape index (κ1) is 20.2. The van der Waals surface area contributed by atoms with Crippen molar-refractivity contribution in [1.29, 1.82) is 0 Å². The quantitative estimate of drug-likeness (QED) is 0.409. The van der Waals surface area contributed by atoms with E-state index in [4.69, 9.17) is 0 Å². The predicted molar refractivity (Wildman–Crippen MR) is 115 cm³/mol. The summed E-state index contributed by atoms with van der Waals surface area (Å²) in [4.78, 5) is 31.4. The van der Waals surface area contributed by atoms with Gasteiger partial charge in [-0.05, 0) is 55.0 Å². The maximum Gasteiger partial charge on any atom is 0.295 e. The van der Waals surface area contributed by atoms with Crippen LogP contribution in [0.1, 0.15) is 38.5 Å². The number of hydrogen-bond donors (Lipinski definition) is 3. The zero-order chi connectivity index (χ0) is 22.0. The Bertz CT molecular complexity index is 1270. The smallest absolute Gasteiger partial charge is 0.295 e. The van der Waals surface area contributed by atoms with Crippen molar-refractivity contribution in [2.45, 2.75) is 13.3 Å². The average molecular weight is 420 g/mol. The number of hydrogen-bond acceptors (Lipinski definition) is 3. The minimum atomic E-state index is -2.72. The highest BCUT2D eigenvalue weighted by Crippen LogP contribution is 2.24. The Morgan fingerprint density at radius 1 is 0.903 bits per heavy atom. The Kier molecular flexibility index (Phi) is 5.44. The molecule has 31 heavy (non-hydrogen) atoms. The normalized spacial score (nSPS) is 11.0. The topological polar surface area (TPSA) is 86.9 Å². The second-order valence-electron chi connectivity index (χ2n) is 6.96. The number of H-pyrrole nitrogens is 1. The van der Waals surface area contributed by atoms with Crippen molar-refractivity contribution in [3.63, 3.8) is 0 Å². The van der Waals surface area contributed by atoms with E-state index in [0.29, 0.717) is 28.0 Å². The number of amides is 2. The maximum absolute atomic E-state index is 12.8. The summed E-state index contributed by atoms with van der Waals surface area (Å²) in [6.45, 7) is 1.82. The van der Waals surface area contributed by atoms with Gasteiger partial charge >= 0.3 is 0 Å². The number of aryl methyl sites for hydroxylation is 1.